The number of hydrogen-bond donors (Lipinski definition) is 0. The van der Waals surface area contributed by atoms with Gasteiger partial charge in [0.1, 0.15) is 11.9 Å². The largest absolute Gasteiger partial charge is 0.438 e. The number of rotatable bonds is 3. The quantitative estimate of drug-likeness (QED) is 0.719. The highest BCUT2D eigenvalue weighted by Crippen LogP contribution is 2.29. The summed E-state index contributed by atoms with van der Waals surface area (Å²) in [6, 6.07) is 4.88. The first-order valence-electron chi connectivity index (χ1n) is 7.50. The third kappa shape index (κ3) is 2.28. The van der Waals surface area contributed by atoms with Crippen LogP contribution in [-0.4, -0.2) is 32.0 Å². The van der Waals surface area contributed by atoms with Gasteiger partial charge in [0.25, 0.3) is 11.8 Å². The molecule has 0 radical (unpaired) electrons. The fourth-order valence-electron chi connectivity index (χ4n) is 2.95. The molecule has 1 aliphatic rings. The van der Waals surface area contributed by atoms with E-state index < -0.39 is 11.8 Å². The third-order valence-corrected chi connectivity index (χ3v) is 4.89. The van der Waals surface area contributed by atoms with Gasteiger partial charge < -0.3 is 4.42 Å². The van der Waals surface area contributed by atoms with Crippen LogP contribution in [0.15, 0.2) is 32.8 Å². The average molecular weight is 345 g/mol. The summed E-state index contributed by atoms with van der Waals surface area (Å²) in [6.45, 7) is 2.38. The Morgan fingerprint density at radius 1 is 1.33 bits per heavy atom. The van der Waals surface area contributed by atoms with Gasteiger partial charge in [-0.2, -0.15) is 9.78 Å². The maximum absolute atomic E-state index is 12.8. The zero-order valence-electron chi connectivity index (χ0n) is 13.2. The summed E-state index contributed by atoms with van der Waals surface area (Å²) in [6.07, 6.45) is 0.499. The second kappa shape index (κ2) is 5.45. The van der Waals surface area contributed by atoms with E-state index in [2.05, 4.69) is 10.2 Å². The highest BCUT2D eigenvalue weighted by atomic mass is 32.1. The molecule has 1 atom stereocenters. The maximum atomic E-state index is 12.8. The topological polar surface area (TPSA) is 86.2 Å². The molecule has 0 N–H and O–H groups in total. The van der Waals surface area contributed by atoms with Crippen molar-refractivity contribution in [3.8, 4) is 10.8 Å². The van der Waals surface area contributed by atoms with Crippen molar-refractivity contribution >= 4 is 23.1 Å². The van der Waals surface area contributed by atoms with Crippen LogP contribution in [0.1, 0.15) is 18.2 Å². The molecule has 1 amide bonds. The van der Waals surface area contributed by atoms with Gasteiger partial charge in [-0.1, -0.05) is 6.07 Å². The van der Waals surface area contributed by atoms with E-state index >= 15 is 0 Å². The molecule has 4 heterocycles. The molecule has 0 spiro atoms. The van der Waals surface area contributed by atoms with Crippen LogP contribution in [0.25, 0.3) is 10.8 Å². The molecular formula is C15H15N5O3S. The van der Waals surface area contributed by atoms with Crippen molar-refractivity contribution in [2.24, 2.45) is 7.05 Å². The molecule has 3 aromatic rings. The lowest BCUT2D eigenvalue weighted by Crippen LogP contribution is -2.32. The molecule has 124 valence electrons. The minimum absolute atomic E-state index is 0.175. The first-order chi connectivity index (χ1) is 11.5. The van der Waals surface area contributed by atoms with Gasteiger partial charge in [0.15, 0.2) is 0 Å². The van der Waals surface area contributed by atoms with Crippen molar-refractivity contribution in [3.63, 3.8) is 0 Å². The highest BCUT2D eigenvalue weighted by molar-refractivity contribution is 7.13. The van der Waals surface area contributed by atoms with Crippen molar-refractivity contribution in [3.05, 3.63) is 39.8 Å². The summed E-state index contributed by atoms with van der Waals surface area (Å²) in [5.41, 5.74) is 0.835. The van der Waals surface area contributed by atoms with E-state index in [1.807, 2.05) is 30.5 Å². The van der Waals surface area contributed by atoms with Gasteiger partial charge in [0.05, 0.1) is 10.6 Å². The molecule has 1 saturated heterocycles. The van der Waals surface area contributed by atoms with Gasteiger partial charge in [-0.05, 0) is 24.8 Å². The second-order valence-electron chi connectivity index (χ2n) is 5.66. The summed E-state index contributed by atoms with van der Waals surface area (Å²) in [4.78, 5) is 27.3. The van der Waals surface area contributed by atoms with E-state index in [0.717, 1.165) is 21.1 Å². The molecule has 8 nitrogen and oxygen atoms in total. The predicted octanol–water partition coefficient (Wildman–Crippen LogP) is 1.58. The molecule has 9 heteroatoms. The first-order valence-corrected chi connectivity index (χ1v) is 8.38. The zero-order valence-corrected chi connectivity index (χ0v) is 14.0. The molecular weight excluding hydrogens is 330 g/mol. The molecule has 1 fully saturated rings. The third-order valence-electron chi connectivity index (χ3n) is 4.03. The number of amides is 1. The Bertz CT molecular complexity index is 952. The molecule has 1 unspecified atom stereocenters. The Balaban J connectivity index is 1.66. The van der Waals surface area contributed by atoms with Crippen molar-refractivity contribution in [2.45, 2.75) is 19.4 Å². The van der Waals surface area contributed by atoms with Crippen LogP contribution in [0.3, 0.4) is 0 Å². The van der Waals surface area contributed by atoms with E-state index in [-0.39, 0.29) is 11.8 Å². The Morgan fingerprint density at radius 3 is 2.83 bits per heavy atom. The first kappa shape index (κ1) is 14.9. The van der Waals surface area contributed by atoms with Crippen molar-refractivity contribution in [2.75, 3.05) is 11.4 Å². The standard InChI is InChI=1S/C15H15N5O3S/c1-9-8-12(18(2)16-9)19-6-5-10(14(19)21)20-15(22)23-13(17-20)11-4-3-7-24-11/h3-4,7-8,10H,5-6H2,1-2H3. The van der Waals surface area contributed by atoms with E-state index in [1.165, 1.54) is 11.3 Å². The van der Waals surface area contributed by atoms with Gasteiger partial charge in [0.2, 0.25) is 0 Å². The Labute approximate surface area is 140 Å². The monoisotopic (exact) mass is 345 g/mol. The number of carbonyl (C=O) groups excluding carboxylic acids is 1. The van der Waals surface area contributed by atoms with E-state index in [0.29, 0.717) is 13.0 Å². The molecule has 0 aromatic carbocycles. The van der Waals surface area contributed by atoms with Gasteiger partial charge in [0, 0.05) is 19.7 Å². The number of thiophene rings is 1. The van der Waals surface area contributed by atoms with Crippen LogP contribution in [0.2, 0.25) is 0 Å². The lowest BCUT2D eigenvalue weighted by molar-refractivity contribution is -0.120. The normalized spacial score (nSPS) is 17.8. The SMILES string of the molecule is Cc1cc(N2CCC(n3nc(-c4cccs4)oc3=O)C2=O)n(C)n1. The highest BCUT2D eigenvalue weighted by Gasteiger charge is 2.37. The molecule has 0 aliphatic carbocycles. The van der Waals surface area contributed by atoms with Gasteiger partial charge in [-0.3, -0.25) is 14.4 Å². The minimum Gasteiger partial charge on any atom is -0.387 e. The summed E-state index contributed by atoms with van der Waals surface area (Å²) >= 11 is 1.43. The van der Waals surface area contributed by atoms with E-state index in [4.69, 9.17) is 4.42 Å². The fraction of sp³-hybridized carbons (Fsp3) is 0.333. The number of nitrogens with zero attached hydrogens (tertiary/aromatic N) is 5. The summed E-state index contributed by atoms with van der Waals surface area (Å²) in [7, 11) is 1.79. The zero-order chi connectivity index (χ0) is 16.8. The van der Waals surface area contributed by atoms with Crippen molar-refractivity contribution < 1.29 is 9.21 Å². The molecule has 1 aliphatic heterocycles. The lowest BCUT2D eigenvalue weighted by Gasteiger charge is -2.15. The molecule has 24 heavy (non-hydrogen) atoms. The maximum Gasteiger partial charge on any atom is 0.438 e. The van der Waals surface area contributed by atoms with Gasteiger partial charge in [-0.15, -0.1) is 16.4 Å². The van der Waals surface area contributed by atoms with Crippen LogP contribution in [0.4, 0.5) is 5.82 Å². The van der Waals surface area contributed by atoms with Gasteiger partial charge >= 0.3 is 5.76 Å². The van der Waals surface area contributed by atoms with Gasteiger partial charge in [-0.25, -0.2) is 4.79 Å². The Hall–Kier alpha value is -2.68. The van der Waals surface area contributed by atoms with Crippen molar-refractivity contribution in [1.82, 2.24) is 19.6 Å². The molecule has 0 saturated carbocycles. The van der Waals surface area contributed by atoms with Crippen LogP contribution < -0.4 is 10.7 Å². The molecule has 0 bridgehead atoms. The number of hydrogen-bond acceptors (Lipinski definition) is 6. The summed E-state index contributed by atoms with van der Waals surface area (Å²) in [5.74, 6) is 0.179. The molecule has 4 rings (SSSR count). The predicted molar refractivity (Wildman–Crippen MR) is 88.0 cm³/mol. The number of anilines is 1. The number of aryl methyl sites for hydroxylation is 2. The average Bonchev–Trinajstić information content (AvgIpc) is 3.28. The fourth-order valence-corrected chi connectivity index (χ4v) is 3.60. The minimum atomic E-state index is -0.648. The van der Waals surface area contributed by atoms with E-state index in [1.54, 1.807) is 16.6 Å². The number of carbonyl (C=O) groups is 1. The second-order valence-corrected chi connectivity index (χ2v) is 6.60. The van der Waals surface area contributed by atoms with Crippen LogP contribution in [-0.2, 0) is 11.8 Å². The van der Waals surface area contributed by atoms with Crippen LogP contribution in [0.5, 0.6) is 0 Å². The molecule has 3 aromatic heterocycles. The van der Waals surface area contributed by atoms with E-state index in [9.17, 15) is 9.59 Å². The Kier molecular flexibility index (Phi) is 3.38. The Morgan fingerprint density at radius 2 is 2.17 bits per heavy atom. The van der Waals surface area contributed by atoms with Crippen LogP contribution >= 0.6 is 11.3 Å². The summed E-state index contributed by atoms with van der Waals surface area (Å²) in [5, 5.41) is 10.4. The lowest BCUT2D eigenvalue weighted by atomic mass is 10.2. The number of aromatic nitrogens is 4. The summed E-state index contributed by atoms with van der Waals surface area (Å²) < 4.78 is 8.03. The smallest absolute Gasteiger partial charge is 0.387 e. The van der Waals surface area contributed by atoms with Crippen molar-refractivity contribution in [1.29, 1.82) is 0 Å². The van der Waals surface area contributed by atoms with Crippen LogP contribution in [0, 0.1) is 6.92 Å².